The van der Waals surface area contributed by atoms with E-state index < -0.39 is 0 Å². The van der Waals surface area contributed by atoms with E-state index in [-0.39, 0.29) is 11.9 Å². The summed E-state index contributed by atoms with van der Waals surface area (Å²) in [7, 11) is 0. The summed E-state index contributed by atoms with van der Waals surface area (Å²) in [5, 5.41) is 6.09. The van der Waals surface area contributed by atoms with Crippen molar-refractivity contribution in [1.82, 2.24) is 15.6 Å². The van der Waals surface area contributed by atoms with E-state index in [0.717, 1.165) is 23.7 Å². The van der Waals surface area contributed by atoms with Crippen LogP contribution >= 0.6 is 11.8 Å². The molecule has 1 aliphatic rings. The van der Waals surface area contributed by atoms with Crippen LogP contribution in [-0.4, -0.2) is 35.0 Å². The lowest BCUT2D eigenvalue weighted by atomic mass is 10.3. The number of nitrogens with one attached hydrogen (secondary N) is 2. The third-order valence-electron chi connectivity index (χ3n) is 2.41. The molecule has 5 heteroatoms. The number of pyridine rings is 1. The molecule has 1 aromatic rings. The lowest BCUT2D eigenvalue weighted by molar-refractivity contribution is -0.122. The van der Waals surface area contributed by atoms with Gasteiger partial charge in [-0.25, -0.2) is 0 Å². The Kier molecular flexibility index (Phi) is 4.18. The Morgan fingerprint density at radius 3 is 3.25 bits per heavy atom. The number of hydrogen-bond acceptors (Lipinski definition) is 4. The summed E-state index contributed by atoms with van der Waals surface area (Å²) in [6, 6.07) is 5.64. The van der Waals surface area contributed by atoms with Gasteiger partial charge in [0.25, 0.3) is 0 Å². The Hall–Kier alpha value is -1.07. The van der Waals surface area contributed by atoms with Crippen molar-refractivity contribution < 1.29 is 4.79 Å². The minimum absolute atomic E-state index is 0.0533. The van der Waals surface area contributed by atoms with Crippen LogP contribution in [0.2, 0.25) is 0 Å². The first kappa shape index (κ1) is 11.4. The molecular formula is C11H15N3OS. The minimum atomic E-state index is -0.0533. The highest BCUT2D eigenvalue weighted by Gasteiger charge is 2.20. The SMILES string of the molecule is O=C(NCc1ccccn1)C1CSCCN1. The maximum atomic E-state index is 11.8. The molecule has 16 heavy (non-hydrogen) atoms. The summed E-state index contributed by atoms with van der Waals surface area (Å²) < 4.78 is 0. The first-order chi connectivity index (χ1) is 7.86. The average molecular weight is 237 g/mol. The summed E-state index contributed by atoms with van der Waals surface area (Å²) >= 11 is 1.81. The summed E-state index contributed by atoms with van der Waals surface area (Å²) in [5.74, 6) is 2.01. The molecule has 2 N–H and O–H groups in total. The van der Waals surface area contributed by atoms with Gasteiger partial charge < -0.3 is 10.6 Å². The second kappa shape index (κ2) is 5.86. The summed E-state index contributed by atoms with van der Waals surface area (Å²) in [6.07, 6.45) is 1.73. The normalized spacial score (nSPS) is 20.4. The molecule has 2 heterocycles. The molecule has 86 valence electrons. The Bertz CT molecular complexity index is 338. The molecule has 1 fully saturated rings. The molecule has 0 saturated carbocycles. The number of carbonyl (C=O) groups excluding carboxylic acids is 1. The molecule has 4 nitrogen and oxygen atoms in total. The molecule has 0 spiro atoms. The predicted octanol–water partition coefficient (Wildman–Crippen LogP) is 0.403. The van der Waals surface area contributed by atoms with Crippen molar-refractivity contribution in [1.29, 1.82) is 0 Å². The molecule has 0 bridgehead atoms. The van der Waals surface area contributed by atoms with E-state index in [1.807, 2.05) is 30.0 Å². The summed E-state index contributed by atoms with van der Waals surface area (Å²) in [5.41, 5.74) is 0.888. The molecule has 1 unspecified atom stereocenters. The van der Waals surface area contributed by atoms with Crippen molar-refractivity contribution in [2.24, 2.45) is 0 Å². The molecule has 1 amide bonds. The van der Waals surface area contributed by atoms with Gasteiger partial charge in [-0.05, 0) is 12.1 Å². The van der Waals surface area contributed by atoms with Crippen LogP contribution in [0.25, 0.3) is 0 Å². The third kappa shape index (κ3) is 3.21. The number of aromatic nitrogens is 1. The monoisotopic (exact) mass is 237 g/mol. The maximum Gasteiger partial charge on any atom is 0.238 e. The van der Waals surface area contributed by atoms with Gasteiger partial charge in [-0.3, -0.25) is 9.78 Å². The molecule has 0 aliphatic carbocycles. The van der Waals surface area contributed by atoms with E-state index in [9.17, 15) is 4.79 Å². The number of thioether (sulfide) groups is 1. The van der Waals surface area contributed by atoms with Crippen molar-refractivity contribution in [3.63, 3.8) is 0 Å². The van der Waals surface area contributed by atoms with Gasteiger partial charge in [0.1, 0.15) is 0 Å². The summed E-state index contributed by atoms with van der Waals surface area (Å²) in [4.78, 5) is 15.9. The highest BCUT2D eigenvalue weighted by Crippen LogP contribution is 2.07. The third-order valence-corrected chi connectivity index (χ3v) is 3.47. The van der Waals surface area contributed by atoms with Crippen LogP contribution in [0.3, 0.4) is 0 Å². The quantitative estimate of drug-likeness (QED) is 0.799. The highest BCUT2D eigenvalue weighted by atomic mass is 32.2. The maximum absolute atomic E-state index is 11.8. The van der Waals surface area contributed by atoms with E-state index in [2.05, 4.69) is 15.6 Å². The van der Waals surface area contributed by atoms with Crippen LogP contribution in [0.5, 0.6) is 0 Å². The number of amides is 1. The molecule has 1 saturated heterocycles. The van der Waals surface area contributed by atoms with Gasteiger partial charge >= 0.3 is 0 Å². The van der Waals surface area contributed by atoms with Crippen LogP contribution in [-0.2, 0) is 11.3 Å². The van der Waals surface area contributed by atoms with Gasteiger partial charge in [0.15, 0.2) is 0 Å². The molecule has 1 atom stereocenters. The zero-order chi connectivity index (χ0) is 11.2. The second-order valence-corrected chi connectivity index (χ2v) is 4.77. The Balaban J connectivity index is 1.79. The first-order valence-corrected chi connectivity index (χ1v) is 6.50. The van der Waals surface area contributed by atoms with Gasteiger partial charge in [0.05, 0.1) is 18.3 Å². The van der Waals surface area contributed by atoms with Gasteiger partial charge in [-0.1, -0.05) is 6.07 Å². The minimum Gasteiger partial charge on any atom is -0.349 e. The Labute approximate surface area is 99.2 Å². The van der Waals surface area contributed by atoms with Gasteiger partial charge in [-0.2, -0.15) is 11.8 Å². The average Bonchev–Trinajstić information content (AvgIpc) is 2.38. The van der Waals surface area contributed by atoms with E-state index in [1.54, 1.807) is 6.20 Å². The number of carbonyl (C=O) groups is 1. The van der Waals surface area contributed by atoms with Crippen LogP contribution < -0.4 is 10.6 Å². The number of rotatable bonds is 3. The lowest BCUT2D eigenvalue weighted by Gasteiger charge is -2.22. The smallest absolute Gasteiger partial charge is 0.238 e. The zero-order valence-corrected chi connectivity index (χ0v) is 9.80. The van der Waals surface area contributed by atoms with Crippen LogP contribution in [0.4, 0.5) is 0 Å². The largest absolute Gasteiger partial charge is 0.349 e. The molecule has 2 rings (SSSR count). The van der Waals surface area contributed by atoms with Crippen LogP contribution in [0, 0.1) is 0 Å². The highest BCUT2D eigenvalue weighted by molar-refractivity contribution is 7.99. The fourth-order valence-corrected chi connectivity index (χ4v) is 2.47. The van der Waals surface area contributed by atoms with E-state index >= 15 is 0 Å². The fourth-order valence-electron chi connectivity index (χ4n) is 1.54. The summed E-state index contributed by atoms with van der Waals surface area (Å²) in [6.45, 7) is 1.41. The van der Waals surface area contributed by atoms with E-state index in [4.69, 9.17) is 0 Å². The number of nitrogens with zero attached hydrogens (tertiary/aromatic N) is 1. The van der Waals surface area contributed by atoms with Gasteiger partial charge in [0.2, 0.25) is 5.91 Å². The molecule has 1 aliphatic heterocycles. The van der Waals surface area contributed by atoms with E-state index in [1.165, 1.54) is 0 Å². The van der Waals surface area contributed by atoms with Crippen molar-refractivity contribution in [2.45, 2.75) is 12.6 Å². The molecule has 0 radical (unpaired) electrons. The van der Waals surface area contributed by atoms with Gasteiger partial charge in [0, 0.05) is 24.2 Å². The topological polar surface area (TPSA) is 54.0 Å². The van der Waals surface area contributed by atoms with Crippen LogP contribution in [0.15, 0.2) is 24.4 Å². The second-order valence-electron chi connectivity index (χ2n) is 3.62. The van der Waals surface area contributed by atoms with Crippen LogP contribution in [0.1, 0.15) is 5.69 Å². The molecule has 0 aromatic carbocycles. The molecular weight excluding hydrogens is 222 g/mol. The van der Waals surface area contributed by atoms with Crippen molar-refractivity contribution in [3.05, 3.63) is 30.1 Å². The predicted molar refractivity (Wildman–Crippen MR) is 65.2 cm³/mol. The standard InChI is InChI=1S/C11H15N3OS/c15-11(10-8-16-6-5-13-10)14-7-9-3-1-2-4-12-9/h1-4,10,13H,5-8H2,(H,14,15). The van der Waals surface area contributed by atoms with Crippen molar-refractivity contribution in [2.75, 3.05) is 18.1 Å². The lowest BCUT2D eigenvalue weighted by Crippen LogP contribution is -2.48. The molecule has 1 aromatic heterocycles. The van der Waals surface area contributed by atoms with Crippen molar-refractivity contribution >= 4 is 17.7 Å². The Morgan fingerprint density at radius 1 is 1.62 bits per heavy atom. The number of hydrogen-bond donors (Lipinski definition) is 2. The van der Waals surface area contributed by atoms with E-state index in [0.29, 0.717) is 6.54 Å². The first-order valence-electron chi connectivity index (χ1n) is 5.35. The van der Waals surface area contributed by atoms with Crippen molar-refractivity contribution in [3.8, 4) is 0 Å². The van der Waals surface area contributed by atoms with Gasteiger partial charge in [-0.15, -0.1) is 0 Å². The fraction of sp³-hybridized carbons (Fsp3) is 0.455. The Morgan fingerprint density at radius 2 is 2.56 bits per heavy atom. The zero-order valence-electron chi connectivity index (χ0n) is 8.98.